The molecule has 1 aliphatic heterocycles. The molecule has 0 bridgehead atoms. The quantitative estimate of drug-likeness (QED) is 0.847. The Bertz CT molecular complexity index is 795. The van der Waals surface area contributed by atoms with Gasteiger partial charge in [-0.25, -0.2) is 17.9 Å². The number of piperidine rings is 1. The van der Waals surface area contributed by atoms with Crippen molar-refractivity contribution >= 4 is 21.7 Å². The molecular formula is C19H27N3O3S. The molecule has 142 valence electrons. The van der Waals surface area contributed by atoms with Crippen LogP contribution in [0.15, 0.2) is 6.07 Å². The van der Waals surface area contributed by atoms with E-state index in [1.807, 2.05) is 7.05 Å². The van der Waals surface area contributed by atoms with Gasteiger partial charge in [0, 0.05) is 5.69 Å². The number of amides is 2. The van der Waals surface area contributed by atoms with Crippen LogP contribution in [0.3, 0.4) is 0 Å². The predicted octanol–water partition coefficient (Wildman–Crippen LogP) is 2.21. The minimum Gasteiger partial charge on any atom is -0.307 e. The lowest BCUT2D eigenvalue weighted by atomic mass is 9.99. The van der Waals surface area contributed by atoms with Crippen LogP contribution < -0.4 is 10.0 Å². The lowest BCUT2D eigenvalue weighted by Gasteiger charge is -2.28. The molecular weight excluding hydrogens is 350 g/mol. The van der Waals surface area contributed by atoms with Crippen molar-refractivity contribution in [3.63, 3.8) is 0 Å². The van der Waals surface area contributed by atoms with Gasteiger partial charge in [-0.15, -0.1) is 0 Å². The first kappa shape index (κ1) is 17.8. The third-order valence-corrected chi connectivity index (χ3v) is 7.87. The second kappa shape index (κ2) is 6.85. The van der Waals surface area contributed by atoms with Gasteiger partial charge < -0.3 is 10.2 Å². The molecule has 0 radical (unpaired) electrons. The molecule has 1 aromatic carbocycles. The van der Waals surface area contributed by atoms with Crippen LogP contribution in [-0.4, -0.2) is 44.7 Å². The number of nitrogens with zero attached hydrogens (tertiary/aromatic N) is 1. The van der Waals surface area contributed by atoms with Crippen molar-refractivity contribution in [2.75, 3.05) is 25.5 Å². The fourth-order valence-electron chi connectivity index (χ4n) is 4.61. The van der Waals surface area contributed by atoms with Crippen LogP contribution in [0.2, 0.25) is 0 Å². The standard InChI is InChI=1S/C19H27N3O3S/c1-22-10-8-15(9-11-22)26(24,25)21-19(23)20-18-16-6-2-4-13(16)12-14-5-3-7-17(14)18/h12,15H,2-11H2,1H3,(H2,20,21,23). The number of rotatable bonds is 3. The Labute approximate surface area is 155 Å². The molecule has 0 aromatic heterocycles. The molecule has 1 fully saturated rings. The molecule has 26 heavy (non-hydrogen) atoms. The molecule has 0 spiro atoms. The van der Waals surface area contributed by atoms with Crippen molar-refractivity contribution in [3.05, 3.63) is 28.3 Å². The van der Waals surface area contributed by atoms with Gasteiger partial charge in [0.25, 0.3) is 0 Å². The molecule has 3 aliphatic rings. The average Bonchev–Trinajstić information content (AvgIpc) is 3.23. The van der Waals surface area contributed by atoms with Crippen LogP contribution in [0.1, 0.15) is 47.9 Å². The Morgan fingerprint density at radius 2 is 1.62 bits per heavy atom. The largest absolute Gasteiger partial charge is 0.332 e. The third-order valence-electron chi connectivity index (χ3n) is 6.05. The molecule has 2 aliphatic carbocycles. The van der Waals surface area contributed by atoms with Crippen molar-refractivity contribution < 1.29 is 13.2 Å². The number of aryl methyl sites for hydroxylation is 2. The highest BCUT2D eigenvalue weighted by atomic mass is 32.2. The fraction of sp³-hybridized carbons (Fsp3) is 0.632. The summed E-state index contributed by atoms with van der Waals surface area (Å²) in [5.74, 6) is 0. The number of likely N-dealkylation sites (tertiary alicyclic amines) is 1. The normalized spacial score (nSPS) is 20.7. The van der Waals surface area contributed by atoms with E-state index in [0.29, 0.717) is 12.8 Å². The zero-order valence-electron chi connectivity index (χ0n) is 15.3. The van der Waals surface area contributed by atoms with Gasteiger partial charge in [0.05, 0.1) is 5.25 Å². The number of nitrogens with one attached hydrogen (secondary N) is 2. The first-order chi connectivity index (χ1) is 12.4. The van der Waals surface area contributed by atoms with Crippen LogP contribution >= 0.6 is 0 Å². The monoisotopic (exact) mass is 377 g/mol. The number of carbonyl (C=O) groups is 1. The number of urea groups is 1. The van der Waals surface area contributed by atoms with Crippen LogP contribution in [-0.2, 0) is 35.7 Å². The highest BCUT2D eigenvalue weighted by Gasteiger charge is 2.31. The Hall–Kier alpha value is -1.60. The van der Waals surface area contributed by atoms with Crippen LogP contribution in [0, 0.1) is 0 Å². The van der Waals surface area contributed by atoms with Gasteiger partial charge in [0.2, 0.25) is 10.0 Å². The van der Waals surface area contributed by atoms with Crippen molar-refractivity contribution in [2.45, 2.75) is 56.6 Å². The van der Waals surface area contributed by atoms with E-state index in [1.54, 1.807) is 0 Å². The minimum absolute atomic E-state index is 0.489. The summed E-state index contributed by atoms with van der Waals surface area (Å²) in [5.41, 5.74) is 5.93. The number of carbonyl (C=O) groups excluding carboxylic acids is 1. The molecule has 6 nitrogen and oxygen atoms in total. The Morgan fingerprint density at radius 3 is 2.19 bits per heavy atom. The van der Waals surface area contributed by atoms with Crippen LogP contribution in [0.4, 0.5) is 10.5 Å². The van der Waals surface area contributed by atoms with Crippen molar-refractivity contribution in [1.82, 2.24) is 9.62 Å². The van der Waals surface area contributed by atoms with Gasteiger partial charge in [-0.3, -0.25) is 0 Å². The highest BCUT2D eigenvalue weighted by molar-refractivity contribution is 7.90. The van der Waals surface area contributed by atoms with Crippen molar-refractivity contribution in [1.29, 1.82) is 0 Å². The maximum absolute atomic E-state index is 12.6. The van der Waals surface area contributed by atoms with Gasteiger partial charge in [-0.1, -0.05) is 6.07 Å². The molecule has 0 saturated carbocycles. The van der Waals surface area contributed by atoms with Gasteiger partial charge in [-0.05, 0) is 93.8 Å². The summed E-state index contributed by atoms with van der Waals surface area (Å²) >= 11 is 0. The fourth-order valence-corrected chi connectivity index (χ4v) is 5.92. The van der Waals surface area contributed by atoms with Gasteiger partial charge >= 0.3 is 6.03 Å². The van der Waals surface area contributed by atoms with E-state index in [0.717, 1.165) is 57.3 Å². The maximum atomic E-state index is 12.6. The summed E-state index contributed by atoms with van der Waals surface area (Å²) in [6.07, 6.45) is 7.34. The Balaban J connectivity index is 1.51. The summed E-state index contributed by atoms with van der Waals surface area (Å²) in [5, 5.41) is 2.42. The number of fused-ring (bicyclic) bond motifs is 2. The Morgan fingerprint density at radius 1 is 1.04 bits per heavy atom. The molecule has 1 aromatic rings. The van der Waals surface area contributed by atoms with Crippen LogP contribution in [0.5, 0.6) is 0 Å². The van der Waals surface area contributed by atoms with Crippen LogP contribution in [0.25, 0.3) is 0 Å². The molecule has 2 amide bonds. The summed E-state index contributed by atoms with van der Waals surface area (Å²) in [7, 11) is -1.66. The summed E-state index contributed by atoms with van der Waals surface area (Å²) in [6, 6.07) is 1.68. The van der Waals surface area contributed by atoms with Gasteiger partial charge in [0.15, 0.2) is 0 Å². The second-order valence-electron chi connectivity index (χ2n) is 7.84. The van der Waals surface area contributed by atoms with E-state index in [2.05, 4.69) is 21.0 Å². The topological polar surface area (TPSA) is 78.5 Å². The number of benzene rings is 1. The maximum Gasteiger partial charge on any atom is 0.332 e. The predicted molar refractivity (Wildman–Crippen MR) is 102 cm³/mol. The van der Waals surface area contributed by atoms with Gasteiger partial charge in [-0.2, -0.15) is 0 Å². The summed E-state index contributed by atoms with van der Waals surface area (Å²) < 4.78 is 27.4. The average molecular weight is 378 g/mol. The molecule has 4 rings (SSSR count). The van der Waals surface area contributed by atoms with E-state index >= 15 is 0 Å². The zero-order chi connectivity index (χ0) is 18.3. The smallest absolute Gasteiger partial charge is 0.307 e. The number of hydrogen-bond acceptors (Lipinski definition) is 4. The molecule has 0 unspecified atom stereocenters. The molecule has 0 atom stereocenters. The lowest BCUT2D eigenvalue weighted by molar-refractivity contribution is 0.255. The second-order valence-corrected chi connectivity index (χ2v) is 9.80. The minimum atomic E-state index is -3.64. The number of anilines is 1. The first-order valence-electron chi connectivity index (χ1n) is 9.62. The van der Waals surface area contributed by atoms with Crippen molar-refractivity contribution in [2.24, 2.45) is 0 Å². The molecule has 1 saturated heterocycles. The SMILES string of the molecule is CN1CCC(S(=O)(=O)NC(=O)Nc2c3c(cc4c2CCC4)CCC3)CC1. The number of hydrogen-bond donors (Lipinski definition) is 2. The first-order valence-corrected chi connectivity index (χ1v) is 11.2. The van der Waals surface area contributed by atoms with E-state index in [4.69, 9.17) is 0 Å². The van der Waals surface area contributed by atoms with E-state index < -0.39 is 21.3 Å². The Kier molecular flexibility index (Phi) is 4.69. The molecule has 7 heteroatoms. The molecule has 1 heterocycles. The number of sulfonamides is 1. The van der Waals surface area contributed by atoms with E-state index in [-0.39, 0.29) is 0 Å². The van der Waals surface area contributed by atoms with E-state index in [9.17, 15) is 13.2 Å². The summed E-state index contributed by atoms with van der Waals surface area (Å²) in [4.78, 5) is 14.6. The molecule has 2 N–H and O–H groups in total. The van der Waals surface area contributed by atoms with Crippen molar-refractivity contribution in [3.8, 4) is 0 Å². The lowest BCUT2D eigenvalue weighted by Crippen LogP contribution is -2.45. The highest BCUT2D eigenvalue weighted by Crippen LogP contribution is 2.38. The van der Waals surface area contributed by atoms with Gasteiger partial charge in [0.1, 0.15) is 0 Å². The zero-order valence-corrected chi connectivity index (χ0v) is 16.1. The third kappa shape index (κ3) is 3.34. The van der Waals surface area contributed by atoms with E-state index in [1.165, 1.54) is 22.3 Å². The summed E-state index contributed by atoms with van der Waals surface area (Å²) in [6.45, 7) is 1.49.